The van der Waals surface area contributed by atoms with Gasteiger partial charge in [0.2, 0.25) is 0 Å². The first-order valence-corrected chi connectivity index (χ1v) is 9.88. The fraction of sp³-hybridized carbons (Fsp3) is 0.0870. The minimum Gasteiger partial charge on any atom is -0.484 e. The van der Waals surface area contributed by atoms with Crippen LogP contribution in [0.25, 0.3) is 0 Å². The van der Waals surface area contributed by atoms with Gasteiger partial charge in [0.25, 0.3) is 5.91 Å². The molecular weight excluding hydrogens is 448 g/mol. The van der Waals surface area contributed by atoms with Gasteiger partial charge in [-0.3, -0.25) is 4.79 Å². The molecule has 0 atom stereocenters. The highest BCUT2D eigenvalue weighted by molar-refractivity contribution is 9.10. The van der Waals surface area contributed by atoms with Gasteiger partial charge in [0.1, 0.15) is 11.5 Å². The molecule has 0 radical (unpaired) electrons. The Labute approximate surface area is 182 Å². The topological polar surface area (TPSA) is 77.0 Å². The van der Waals surface area contributed by atoms with Gasteiger partial charge in [-0.1, -0.05) is 46.3 Å². The number of hydrazone groups is 1. The zero-order chi connectivity index (χ0) is 21.3. The first-order valence-electron chi connectivity index (χ1n) is 9.09. The molecule has 7 heteroatoms. The van der Waals surface area contributed by atoms with E-state index < -0.39 is 5.97 Å². The summed E-state index contributed by atoms with van der Waals surface area (Å²) >= 11 is 3.33. The van der Waals surface area contributed by atoms with Crippen molar-refractivity contribution in [1.29, 1.82) is 0 Å². The summed E-state index contributed by atoms with van der Waals surface area (Å²) in [5.74, 6) is 0.143. The first kappa shape index (κ1) is 21.3. The predicted molar refractivity (Wildman–Crippen MR) is 118 cm³/mol. The van der Waals surface area contributed by atoms with Gasteiger partial charge < -0.3 is 9.47 Å². The quantitative estimate of drug-likeness (QED) is 0.240. The molecule has 30 heavy (non-hydrogen) atoms. The van der Waals surface area contributed by atoms with Crippen LogP contribution in [0.3, 0.4) is 0 Å². The summed E-state index contributed by atoms with van der Waals surface area (Å²) in [7, 11) is 0. The molecule has 3 rings (SSSR count). The lowest BCUT2D eigenvalue weighted by molar-refractivity contribution is -0.123. The van der Waals surface area contributed by atoms with Crippen LogP contribution >= 0.6 is 15.9 Å². The van der Waals surface area contributed by atoms with Crippen molar-refractivity contribution < 1.29 is 19.1 Å². The van der Waals surface area contributed by atoms with E-state index in [0.29, 0.717) is 22.6 Å². The van der Waals surface area contributed by atoms with Crippen molar-refractivity contribution in [3.63, 3.8) is 0 Å². The maximum absolute atomic E-state index is 12.2. The molecule has 3 aromatic carbocycles. The van der Waals surface area contributed by atoms with Crippen LogP contribution < -0.4 is 14.9 Å². The van der Waals surface area contributed by atoms with Crippen molar-refractivity contribution in [2.75, 3.05) is 6.61 Å². The number of carbonyl (C=O) groups excluding carboxylic acids is 2. The molecule has 0 aliphatic rings. The number of esters is 1. The second-order valence-electron chi connectivity index (χ2n) is 6.37. The summed E-state index contributed by atoms with van der Waals surface area (Å²) in [6, 6.07) is 21.2. The summed E-state index contributed by atoms with van der Waals surface area (Å²) in [4.78, 5) is 24.1. The van der Waals surface area contributed by atoms with Gasteiger partial charge in [0.05, 0.1) is 11.8 Å². The van der Waals surface area contributed by atoms with E-state index in [0.717, 1.165) is 10.0 Å². The monoisotopic (exact) mass is 466 g/mol. The van der Waals surface area contributed by atoms with Gasteiger partial charge in [-0.15, -0.1) is 0 Å². The lowest BCUT2D eigenvalue weighted by Gasteiger charge is -2.06. The van der Waals surface area contributed by atoms with Crippen LogP contribution in [0, 0.1) is 6.92 Å². The van der Waals surface area contributed by atoms with Crippen LogP contribution in [0.4, 0.5) is 0 Å². The summed E-state index contributed by atoms with van der Waals surface area (Å²) < 4.78 is 11.6. The molecule has 0 aromatic heterocycles. The molecule has 0 fully saturated rings. The first-order chi connectivity index (χ1) is 14.5. The van der Waals surface area contributed by atoms with Gasteiger partial charge in [0.15, 0.2) is 6.61 Å². The van der Waals surface area contributed by atoms with Crippen LogP contribution in [0.5, 0.6) is 11.5 Å². The minimum atomic E-state index is -0.466. The second kappa shape index (κ2) is 10.4. The molecule has 0 unspecified atom stereocenters. The third-order valence-corrected chi connectivity index (χ3v) is 4.38. The largest absolute Gasteiger partial charge is 0.484 e. The normalized spacial score (nSPS) is 10.6. The van der Waals surface area contributed by atoms with E-state index in [1.54, 1.807) is 48.5 Å². The molecule has 0 bridgehead atoms. The average Bonchev–Trinajstić information content (AvgIpc) is 2.73. The van der Waals surface area contributed by atoms with E-state index in [-0.39, 0.29) is 12.5 Å². The average molecular weight is 467 g/mol. The van der Waals surface area contributed by atoms with Gasteiger partial charge in [-0.25, -0.2) is 10.2 Å². The Balaban J connectivity index is 1.52. The van der Waals surface area contributed by atoms with Gasteiger partial charge in [-0.2, -0.15) is 5.10 Å². The maximum atomic E-state index is 12.2. The highest BCUT2D eigenvalue weighted by Gasteiger charge is 2.09. The van der Waals surface area contributed by atoms with Crippen LogP contribution in [-0.2, 0) is 4.79 Å². The van der Waals surface area contributed by atoms with Crippen molar-refractivity contribution in [2.24, 2.45) is 5.10 Å². The molecule has 0 saturated carbocycles. The Bertz CT molecular complexity index is 1080. The third kappa shape index (κ3) is 6.56. The number of rotatable bonds is 7. The molecule has 152 valence electrons. The molecule has 3 aromatic rings. The molecule has 0 aliphatic carbocycles. The van der Waals surface area contributed by atoms with E-state index in [2.05, 4.69) is 26.5 Å². The van der Waals surface area contributed by atoms with Crippen LogP contribution in [0.2, 0.25) is 0 Å². The van der Waals surface area contributed by atoms with E-state index in [4.69, 9.17) is 9.47 Å². The van der Waals surface area contributed by atoms with Gasteiger partial charge >= 0.3 is 5.97 Å². The number of nitrogens with one attached hydrogen (secondary N) is 1. The molecule has 1 N–H and O–H groups in total. The number of halogens is 1. The lowest BCUT2D eigenvalue weighted by Crippen LogP contribution is -2.24. The summed E-state index contributed by atoms with van der Waals surface area (Å²) in [5, 5.41) is 3.91. The van der Waals surface area contributed by atoms with Crippen molar-refractivity contribution >= 4 is 34.0 Å². The van der Waals surface area contributed by atoms with Crippen LogP contribution in [-0.4, -0.2) is 24.7 Å². The molecule has 0 aliphatic heterocycles. The van der Waals surface area contributed by atoms with Gasteiger partial charge in [-0.05, 0) is 60.5 Å². The Morgan fingerprint density at radius 2 is 1.77 bits per heavy atom. The van der Waals surface area contributed by atoms with Crippen molar-refractivity contribution in [3.8, 4) is 11.5 Å². The Hall–Kier alpha value is -3.45. The van der Waals surface area contributed by atoms with Crippen molar-refractivity contribution in [2.45, 2.75) is 6.92 Å². The Kier molecular flexibility index (Phi) is 7.34. The zero-order valence-corrected chi connectivity index (χ0v) is 17.8. The number of hydrogen-bond acceptors (Lipinski definition) is 5. The zero-order valence-electron chi connectivity index (χ0n) is 16.2. The minimum absolute atomic E-state index is 0.148. The highest BCUT2D eigenvalue weighted by Crippen LogP contribution is 2.17. The maximum Gasteiger partial charge on any atom is 0.343 e. The summed E-state index contributed by atoms with van der Waals surface area (Å²) in [6.45, 7) is 1.80. The molecule has 0 heterocycles. The molecule has 0 saturated heterocycles. The standard InChI is InChI=1S/C23H19BrN2O4/c1-16-5-2-9-20(11-16)29-15-22(27)26-25-14-17-6-3-10-21(12-17)30-23(28)18-7-4-8-19(24)13-18/h2-14H,15H2,1H3,(H,26,27). The molecule has 0 spiro atoms. The predicted octanol–water partition coefficient (Wildman–Crippen LogP) is 4.51. The summed E-state index contributed by atoms with van der Waals surface area (Å²) in [6.07, 6.45) is 1.46. The van der Waals surface area contributed by atoms with Crippen molar-refractivity contribution in [3.05, 3.63) is 94.0 Å². The van der Waals surface area contributed by atoms with Crippen LogP contribution in [0.15, 0.2) is 82.4 Å². The fourth-order valence-corrected chi connectivity index (χ4v) is 2.90. The van der Waals surface area contributed by atoms with E-state index in [1.807, 2.05) is 31.2 Å². The third-order valence-electron chi connectivity index (χ3n) is 3.89. The number of benzene rings is 3. The van der Waals surface area contributed by atoms with Crippen LogP contribution in [0.1, 0.15) is 21.5 Å². The van der Waals surface area contributed by atoms with Gasteiger partial charge in [0, 0.05) is 4.47 Å². The SMILES string of the molecule is Cc1cccc(OCC(=O)NN=Cc2cccc(OC(=O)c3cccc(Br)c3)c2)c1. The van der Waals surface area contributed by atoms with E-state index in [1.165, 1.54) is 6.21 Å². The number of amides is 1. The Morgan fingerprint density at radius 1 is 1.00 bits per heavy atom. The smallest absolute Gasteiger partial charge is 0.343 e. The number of carbonyl (C=O) groups is 2. The Morgan fingerprint density at radius 3 is 2.57 bits per heavy atom. The second-order valence-corrected chi connectivity index (χ2v) is 7.29. The lowest BCUT2D eigenvalue weighted by atomic mass is 10.2. The number of aryl methyl sites for hydroxylation is 1. The summed E-state index contributed by atoms with van der Waals surface area (Å²) in [5.41, 5.74) is 4.54. The number of ether oxygens (including phenoxy) is 2. The molecular formula is C23H19BrN2O4. The molecule has 6 nitrogen and oxygen atoms in total. The highest BCUT2D eigenvalue weighted by atomic mass is 79.9. The number of hydrogen-bond donors (Lipinski definition) is 1. The van der Waals surface area contributed by atoms with Crippen molar-refractivity contribution in [1.82, 2.24) is 5.43 Å². The van der Waals surface area contributed by atoms with E-state index >= 15 is 0 Å². The van der Waals surface area contributed by atoms with E-state index in [9.17, 15) is 9.59 Å². The number of nitrogens with zero attached hydrogens (tertiary/aromatic N) is 1. The molecule has 1 amide bonds. The fourth-order valence-electron chi connectivity index (χ4n) is 2.50.